The van der Waals surface area contributed by atoms with Gasteiger partial charge in [-0.15, -0.1) is 0 Å². The molecule has 1 saturated carbocycles. The molecule has 0 radical (unpaired) electrons. The number of halogens is 1. The molecule has 3 N–H and O–H groups in total. The third-order valence-electron chi connectivity index (χ3n) is 5.13. The highest BCUT2D eigenvalue weighted by Gasteiger charge is 2.26. The number of rotatable bonds is 8. The van der Waals surface area contributed by atoms with E-state index in [1.165, 1.54) is 12.3 Å². The lowest BCUT2D eigenvalue weighted by Crippen LogP contribution is -2.34. The third kappa shape index (κ3) is 6.68. The zero-order valence-electron chi connectivity index (χ0n) is 16.8. The molecule has 2 amide bonds. The fourth-order valence-electron chi connectivity index (χ4n) is 3.37. The molecule has 1 fully saturated rings. The smallest absolute Gasteiger partial charge is 0.306 e. The first kappa shape index (κ1) is 22.6. The number of carbonyl (C=O) groups excluding carboxylic acids is 2. The summed E-state index contributed by atoms with van der Waals surface area (Å²) >= 11 is 5.69. The van der Waals surface area contributed by atoms with Gasteiger partial charge in [0.05, 0.1) is 17.6 Å². The van der Waals surface area contributed by atoms with E-state index in [1.54, 1.807) is 30.3 Å². The van der Waals surface area contributed by atoms with E-state index in [4.69, 9.17) is 21.4 Å². The van der Waals surface area contributed by atoms with Crippen LogP contribution in [0.3, 0.4) is 0 Å². The molecule has 31 heavy (non-hydrogen) atoms. The first-order chi connectivity index (χ1) is 14.9. The van der Waals surface area contributed by atoms with Crippen LogP contribution >= 0.6 is 11.6 Å². The lowest BCUT2D eigenvalue weighted by Gasteiger charge is -2.26. The molecule has 1 aromatic carbocycles. The number of carboxylic acid groups (broad SMARTS) is 1. The van der Waals surface area contributed by atoms with Crippen molar-refractivity contribution >= 4 is 29.4 Å². The molecule has 1 aliphatic rings. The zero-order valence-corrected chi connectivity index (χ0v) is 17.6. The van der Waals surface area contributed by atoms with E-state index in [0.29, 0.717) is 47.7 Å². The highest BCUT2D eigenvalue weighted by atomic mass is 35.5. The van der Waals surface area contributed by atoms with E-state index >= 15 is 0 Å². The maximum absolute atomic E-state index is 12.3. The van der Waals surface area contributed by atoms with Crippen molar-refractivity contribution in [2.24, 2.45) is 5.92 Å². The van der Waals surface area contributed by atoms with Gasteiger partial charge >= 0.3 is 5.97 Å². The summed E-state index contributed by atoms with van der Waals surface area (Å²) in [7, 11) is 0. The minimum Gasteiger partial charge on any atom is -0.490 e. The minimum atomic E-state index is -0.740. The molecule has 1 heterocycles. The monoisotopic (exact) mass is 445 g/mol. The number of hydrogen-bond acceptors (Lipinski definition) is 5. The van der Waals surface area contributed by atoms with E-state index < -0.39 is 5.97 Å². The second-order valence-electron chi connectivity index (χ2n) is 7.34. The Balaban J connectivity index is 1.38. The Kier molecular flexibility index (Phi) is 7.83. The molecule has 164 valence electrons. The highest BCUT2D eigenvalue weighted by Crippen LogP contribution is 2.28. The first-order valence-corrected chi connectivity index (χ1v) is 10.5. The molecule has 0 atom stereocenters. The van der Waals surface area contributed by atoms with E-state index in [2.05, 4.69) is 15.6 Å². The number of nitrogens with zero attached hydrogens (tertiary/aromatic N) is 1. The van der Waals surface area contributed by atoms with Gasteiger partial charge in [-0.05, 0) is 62.1 Å². The van der Waals surface area contributed by atoms with Crippen LogP contribution in [0, 0.1) is 5.92 Å². The summed E-state index contributed by atoms with van der Waals surface area (Å²) in [5.74, 6) is -0.915. The summed E-state index contributed by atoms with van der Waals surface area (Å²) in [6.45, 7) is 0.546. The van der Waals surface area contributed by atoms with Crippen LogP contribution in [0.4, 0.5) is 0 Å². The number of pyridine rings is 1. The second-order valence-corrected chi connectivity index (χ2v) is 7.72. The van der Waals surface area contributed by atoms with Gasteiger partial charge in [-0.2, -0.15) is 0 Å². The van der Waals surface area contributed by atoms with Gasteiger partial charge in [0.15, 0.2) is 0 Å². The topological polar surface area (TPSA) is 118 Å². The van der Waals surface area contributed by atoms with Crippen LogP contribution in [-0.4, -0.2) is 47.1 Å². The predicted octanol–water partition coefficient (Wildman–Crippen LogP) is 2.92. The van der Waals surface area contributed by atoms with Crippen LogP contribution < -0.4 is 15.4 Å². The van der Waals surface area contributed by atoms with Gasteiger partial charge in [0, 0.05) is 24.8 Å². The minimum absolute atomic E-state index is 0.00488. The number of hydrogen-bond donors (Lipinski definition) is 3. The van der Waals surface area contributed by atoms with Gasteiger partial charge in [0.2, 0.25) is 0 Å². The molecule has 0 unspecified atom stereocenters. The summed E-state index contributed by atoms with van der Waals surface area (Å²) in [6, 6.07) is 9.91. The van der Waals surface area contributed by atoms with Crippen molar-refractivity contribution in [2.75, 3.05) is 13.1 Å². The van der Waals surface area contributed by atoms with Crippen LogP contribution in [-0.2, 0) is 4.79 Å². The molecule has 0 bridgehead atoms. The number of nitrogens with one attached hydrogen (secondary N) is 2. The van der Waals surface area contributed by atoms with E-state index in [0.717, 1.165) is 0 Å². The first-order valence-electron chi connectivity index (χ1n) is 10.1. The number of aromatic nitrogens is 1. The number of benzene rings is 1. The van der Waals surface area contributed by atoms with Crippen LogP contribution in [0.2, 0.25) is 5.15 Å². The number of ether oxygens (including phenoxy) is 1. The fourth-order valence-corrected chi connectivity index (χ4v) is 3.48. The van der Waals surface area contributed by atoms with Gasteiger partial charge in [-0.3, -0.25) is 14.4 Å². The molecule has 0 aliphatic heterocycles. The van der Waals surface area contributed by atoms with Crippen molar-refractivity contribution in [1.82, 2.24) is 15.6 Å². The zero-order chi connectivity index (χ0) is 22.2. The molecule has 1 aromatic heterocycles. The average molecular weight is 446 g/mol. The Labute approximate surface area is 185 Å². The number of amides is 2. The maximum Gasteiger partial charge on any atom is 0.306 e. The second kappa shape index (κ2) is 10.8. The Morgan fingerprint density at radius 2 is 1.52 bits per heavy atom. The largest absolute Gasteiger partial charge is 0.490 e. The average Bonchev–Trinajstić information content (AvgIpc) is 2.78. The molecule has 3 rings (SSSR count). The Bertz CT molecular complexity index is 910. The summed E-state index contributed by atoms with van der Waals surface area (Å²) in [6.07, 6.45) is 4.03. The lowest BCUT2D eigenvalue weighted by atomic mass is 9.87. The normalized spacial score (nSPS) is 18.1. The molecule has 0 saturated heterocycles. The Morgan fingerprint density at radius 1 is 0.935 bits per heavy atom. The molecule has 8 nitrogen and oxygen atoms in total. The van der Waals surface area contributed by atoms with Gasteiger partial charge in [0.25, 0.3) is 11.8 Å². The van der Waals surface area contributed by atoms with Gasteiger partial charge < -0.3 is 20.5 Å². The molecule has 9 heteroatoms. The van der Waals surface area contributed by atoms with Crippen LogP contribution in [0.5, 0.6) is 5.75 Å². The molecule has 2 aromatic rings. The SMILES string of the molecule is O=C(NCCNC(=O)c1ccc(Cl)nc1)c1ccc(O[C@H]2CC[C@@H](C(=O)O)CC2)cc1. The van der Waals surface area contributed by atoms with Crippen molar-refractivity contribution < 1.29 is 24.2 Å². The summed E-state index contributed by atoms with van der Waals surface area (Å²) in [5, 5.41) is 14.8. The molecule has 1 aliphatic carbocycles. The summed E-state index contributed by atoms with van der Waals surface area (Å²) < 4.78 is 5.91. The van der Waals surface area contributed by atoms with Crippen molar-refractivity contribution in [1.29, 1.82) is 0 Å². The summed E-state index contributed by atoms with van der Waals surface area (Å²) in [4.78, 5) is 39.1. The van der Waals surface area contributed by atoms with E-state index in [1.807, 2.05) is 0 Å². The Morgan fingerprint density at radius 3 is 2.06 bits per heavy atom. The number of carbonyl (C=O) groups is 3. The van der Waals surface area contributed by atoms with Crippen molar-refractivity contribution in [3.8, 4) is 5.75 Å². The van der Waals surface area contributed by atoms with Crippen LogP contribution in [0.1, 0.15) is 46.4 Å². The standard InChI is InChI=1S/C22H24ClN3O5/c23-19-10-5-16(13-26-19)21(28)25-12-11-24-20(27)14-1-6-17(7-2-14)31-18-8-3-15(4-9-18)22(29)30/h1-2,5-7,10,13,15,18H,3-4,8-9,11-12H2,(H,24,27)(H,25,28)(H,29,30)/t15-,18+. The quantitative estimate of drug-likeness (QED) is 0.424. The van der Waals surface area contributed by atoms with Gasteiger partial charge in [-0.25, -0.2) is 4.98 Å². The van der Waals surface area contributed by atoms with Crippen molar-refractivity contribution in [3.63, 3.8) is 0 Å². The number of carboxylic acids is 1. The van der Waals surface area contributed by atoms with Crippen molar-refractivity contribution in [2.45, 2.75) is 31.8 Å². The van der Waals surface area contributed by atoms with E-state index in [-0.39, 0.29) is 36.9 Å². The molecule has 0 spiro atoms. The van der Waals surface area contributed by atoms with Crippen LogP contribution in [0.25, 0.3) is 0 Å². The highest BCUT2D eigenvalue weighted by molar-refractivity contribution is 6.29. The molecular weight excluding hydrogens is 422 g/mol. The van der Waals surface area contributed by atoms with E-state index in [9.17, 15) is 14.4 Å². The number of aliphatic carboxylic acids is 1. The van der Waals surface area contributed by atoms with Crippen molar-refractivity contribution in [3.05, 3.63) is 58.9 Å². The van der Waals surface area contributed by atoms with Gasteiger partial charge in [-0.1, -0.05) is 11.6 Å². The molecular formula is C22H24ClN3O5. The Hall–Kier alpha value is -3.13. The predicted molar refractivity (Wildman–Crippen MR) is 114 cm³/mol. The maximum atomic E-state index is 12.3. The van der Waals surface area contributed by atoms with Gasteiger partial charge in [0.1, 0.15) is 10.9 Å². The summed E-state index contributed by atoms with van der Waals surface area (Å²) in [5.41, 5.74) is 0.873. The lowest BCUT2D eigenvalue weighted by molar-refractivity contribution is -0.143. The fraction of sp³-hybridized carbons (Fsp3) is 0.364. The third-order valence-corrected chi connectivity index (χ3v) is 5.35. The van der Waals surface area contributed by atoms with Crippen LogP contribution in [0.15, 0.2) is 42.6 Å².